The van der Waals surface area contributed by atoms with E-state index in [0.717, 1.165) is 25.0 Å². The van der Waals surface area contributed by atoms with Crippen LogP contribution in [0.2, 0.25) is 0 Å². The standard InChI is InChI=1S/C14H20N2O3/c1-11(13-8-5-9-18-13)15-14(17)16-19-10-12-6-3-2-4-7-12/h2-4,6-7,11,13H,5,8-10H2,1H3,(H2,15,16,17). The van der Waals surface area contributed by atoms with Gasteiger partial charge in [0.25, 0.3) is 0 Å². The van der Waals surface area contributed by atoms with Gasteiger partial charge in [-0.25, -0.2) is 10.3 Å². The quantitative estimate of drug-likeness (QED) is 0.799. The molecule has 2 unspecified atom stereocenters. The molecule has 2 amide bonds. The number of carbonyl (C=O) groups excluding carboxylic acids is 1. The highest BCUT2D eigenvalue weighted by Crippen LogP contribution is 2.15. The highest BCUT2D eigenvalue weighted by molar-refractivity contribution is 5.73. The van der Waals surface area contributed by atoms with Crippen molar-refractivity contribution in [1.29, 1.82) is 0 Å². The topological polar surface area (TPSA) is 59.6 Å². The average molecular weight is 264 g/mol. The molecule has 0 aromatic heterocycles. The lowest BCUT2D eigenvalue weighted by Gasteiger charge is -2.19. The monoisotopic (exact) mass is 264 g/mol. The molecule has 1 aromatic rings. The number of carbonyl (C=O) groups is 1. The Morgan fingerprint density at radius 3 is 2.95 bits per heavy atom. The first-order valence-electron chi connectivity index (χ1n) is 6.59. The van der Waals surface area contributed by atoms with Gasteiger partial charge in [-0.3, -0.25) is 4.84 Å². The maximum Gasteiger partial charge on any atom is 0.339 e. The number of urea groups is 1. The zero-order valence-corrected chi connectivity index (χ0v) is 11.1. The highest BCUT2D eigenvalue weighted by atomic mass is 16.7. The lowest BCUT2D eigenvalue weighted by molar-refractivity contribution is 0.0426. The second-order valence-electron chi connectivity index (χ2n) is 4.69. The van der Waals surface area contributed by atoms with Gasteiger partial charge in [0, 0.05) is 6.61 Å². The van der Waals surface area contributed by atoms with Crippen molar-refractivity contribution in [2.24, 2.45) is 0 Å². The van der Waals surface area contributed by atoms with Crippen molar-refractivity contribution in [2.75, 3.05) is 6.61 Å². The summed E-state index contributed by atoms with van der Waals surface area (Å²) in [6, 6.07) is 9.33. The molecule has 0 radical (unpaired) electrons. The van der Waals surface area contributed by atoms with Crippen molar-refractivity contribution in [2.45, 2.75) is 38.5 Å². The molecule has 1 aromatic carbocycles. The number of rotatable bonds is 5. The van der Waals surface area contributed by atoms with Gasteiger partial charge in [-0.2, -0.15) is 0 Å². The van der Waals surface area contributed by atoms with E-state index in [-0.39, 0.29) is 18.2 Å². The van der Waals surface area contributed by atoms with Crippen LogP contribution in [0.5, 0.6) is 0 Å². The van der Waals surface area contributed by atoms with Crippen LogP contribution in [0.3, 0.4) is 0 Å². The molecule has 1 heterocycles. The molecule has 5 heteroatoms. The second-order valence-corrected chi connectivity index (χ2v) is 4.69. The first-order valence-corrected chi connectivity index (χ1v) is 6.59. The van der Waals surface area contributed by atoms with Crippen LogP contribution < -0.4 is 10.8 Å². The summed E-state index contributed by atoms with van der Waals surface area (Å²) in [6.45, 7) is 3.07. The zero-order valence-electron chi connectivity index (χ0n) is 11.1. The molecular formula is C14H20N2O3. The SMILES string of the molecule is CC(NC(=O)NOCc1ccccc1)C1CCCO1. The molecule has 0 spiro atoms. The first kappa shape index (κ1) is 13.8. The van der Waals surface area contributed by atoms with Gasteiger partial charge in [0.05, 0.1) is 18.8 Å². The van der Waals surface area contributed by atoms with Crippen LogP contribution in [-0.4, -0.2) is 24.8 Å². The Labute approximate surface area is 113 Å². The van der Waals surface area contributed by atoms with Gasteiger partial charge < -0.3 is 10.1 Å². The van der Waals surface area contributed by atoms with E-state index in [1.54, 1.807) is 0 Å². The van der Waals surface area contributed by atoms with Gasteiger partial charge in [0.1, 0.15) is 0 Å². The Morgan fingerprint density at radius 1 is 1.47 bits per heavy atom. The molecule has 5 nitrogen and oxygen atoms in total. The Balaban J connectivity index is 1.64. The van der Waals surface area contributed by atoms with E-state index in [2.05, 4.69) is 10.8 Å². The third-order valence-electron chi connectivity index (χ3n) is 3.13. The van der Waals surface area contributed by atoms with Crippen LogP contribution >= 0.6 is 0 Å². The number of hydrogen-bond acceptors (Lipinski definition) is 3. The summed E-state index contributed by atoms with van der Waals surface area (Å²) < 4.78 is 5.51. The lowest BCUT2D eigenvalue weighted by Crippen LogP contribution is -2.45. The predicted molar refractivity (Wildman–Crippen MR) is 71.3 cm³/mol. The van der Waals surface area contributed by atoms with Crippen LogP contribution in [-0.2, 0) is 16.2 Å². The van der Waals surface area contributed by atoms with E-state index in [0.29, 0.717) is 6.61 Å². The molecule has 19 heavy (non-hydrogen) atoms. The van der Waals surface area contributed by atoms with Gasteiger partial charge in [0.15, 0.2) is 0 Å². The minimum Gasteiger partial charge on any atom is -0.376 e. The molecule has 2 N–H and O–H groups in total. The van der Waals surface area contributed by atoms with Crippen molar-refractivity contribution < 1.29 is 14.4 Å². The Bertz CT molecular complexity index is 391. The van der Waals surface area contributed by atoms with Gasteiger partial charge in [0.2, 0.25) is 0 Å². The first-order chi connectivity index (χ1) is 9.25. The fourth-order valence-corrected chi connectivity index (χ4v) is 2.09. The molecule has 1 aliphatic heterocycles. The van der Waals surface area contributed by atoms with Gasteiger partial charge in [-0.05, 0) is 25.3 Å². The van der Waals surface area contributed by atoms with Crippen LogP contribution in [0.1, 0.15) is 25.3 Å². The molecule has 0 bridgehead atoms. The smallest absolute Gasteiger partial charge is 0.339 e. The number of benzene rings is 1. The van der Waals surface area contributed by atoms with E-state index >= 15 is 0 Å². The highest BCUT2D eigenvalue weighted by Gasteiger charge is 2.23. The largest absolute Gasteiger partial charge is 0.376 e. The van der Waals surface area contributed by atoms with Gasteiger partial charge in [-0.1, -0.05) is 30.3 Å². The summed E-state index contributed by atoms with van der Waals surface area (Å²) in [5, 5.41) is 2.81. The molecule has 0 aliphatic carbocycles. The van der Waals surface area contributed by atoms with Crippen molar-refractivity contribution in [1.82, 2.24) is 10.8 Å². The molecule has 0 saturated carbocycles. The number of hydroxylamine groups is 1. The maximum atomic E-state index is 11.6. The number of nitrogens with one attached hydrogen (secondary N) is 2. The van der Waals surface area contributed by atoms with Crippen molar-refractivity contribution in [3.63, 3.8) is 0 Å². The fourth-order valence-electron chi connectivity index (χ4n) is 2.09. The Kier molecular flexibility index (Phi) is 5.18. The molecule has 1 saturated heterocycles. The minimum absolute atomic E-state index is 0.0113. The fraction of sp³-hybridized carbons (Fsp3) is 0.500. The van der Waals surface area contributed by atoms with E-state index in [1.807, 2.05) is 37.3 Å². The van der Waals surface area contributed by atoms with Crippen molar-refractivity contribution in [3.05, 3.63) is 35.9 Å². The van der Waals surface area contributed by atoms with E-state index < -0.39 is 0 Å². The number of hydrogen-bond donors (Lipinski definition) is 2. The maximum absolute atomic E-state index is 11.6. The van der Waals surface area contributed by atoms with Crippen molar-refractivity contribution >= 4 is 6.03 Å². The number of amides is 2. The lowest BCUT2D eigenvalue weighted by atomic mass is 10.1. The third-order valence-corrected chi connectivity index (χ3v) is 3.13. The zero-order chi connectivity index (χ0) is 13.5. The predicted octanol–water partition coefficient (Wildman–Crippen LogP) is 1.98. The summed E-state index contributed by atoms with van der Waals surface area (Å²) in [5.74, 6) is 0. The molecule has 1 aliphatic rings. The van der Waals surface area contributed by atoms with Gasteiger partial charge >= 0.3 is 6.03 Å². The normalized spacial score (nSPS) is 19.9. The Morgan fingerprint density at radius 2 is 2.26 bits per heavy atom. The van der Waals surface area contributed by atoms with Crippen LogP contribution in [0.25, 0.3) is 0 Å². The summed E-state index contributed by atoms with van der Waals surface area (Å²) >= 11 is 0. The Hall–Kier alpha value is -1.59. The molecule has 2 atom stereocenters. The summed E-state index contributed by atoms with van der Waals surface area (Å²) in [7, 11) is 0. The van der Waals surface area contributed by atoms with Gasteiger partial charge in [-0.15, -0.1) is 0 Å². The van der Waals surface area contributed by atoms with Crippen molar-refractivity contribution in [3.8, 4) is 0 Å². The average Bonchev–Trinajstić information content (AvgIpc) is 2.94. The molecule has 104 valence electrons. The molecule has 2 rings (SSSR count). The molecular weight excluding hydrogens is 244 g/mol. The van der Waals surface area contributed by atoms with Crippen LogP contribution in [0.4, 0.5) is 4.79 Å². The summed E-state index contributed by atoms with van der Waals surface area (Å²) in [6.07, 6.45) is 2.16. The summed E-state index contributed by atoms with van der Waals surface area (Å²) in [4.78, 5) is 16.7. The van der Waals surface area contributed by atoms with E-state index in [4.69, 9.17) is 9.57 Å². The molecule has 1 fully saturated rings. The third kappa shape index (κ3) is 4.54. The van der Waals surface area contributed by atoms with Crippen LogP contribution in [0, 0.1) is 0 Å². The second kappa shape index (κ2) is 7.11. The van der Waals surface area contributed by atoms with E-state index in [9.17, 15) is 4.79 Å². The minimum atomic E-state index is -0.334. The summed E-state index contributed by atoms with van der Waals surface area (Å²) in [5.41, 5.74) is 3.39. The van der Waals surface area contributed by atoms with E-state index in [1.165, 1.54) is 0 Å². The van der Waals surface area contributed by atoms with Crippen LogP contribution in [0.15, 0.2) is 30.3 Å². The number of ether oxygens (including phenoxy) is 1.